The first-order chi connectivity index (χ1) is 6.45. The minimum absolute atomic E-state index is 0.333. The average Bonchev–Trinajstić information content (AvgIpc) is 2.65. The van der Waals surface area contributed by atoms with Crippen molar-refractivity contribution in [3.05, 3.63) is 24.3 Å². The number of nitrogens with one attached hydrogen (secondary N) is 1. The molecule has 68 valence electrons. The number of aliphatic imine (C=N–C) groups is 1. The van der Waals surface area contributed by atoms with E-state index in [-0.39, 0.29) is 0 Å². The van der Waals surface area contributed by atoms with Gasteiger partial charge in [0, 0.05) is 24.6 Å². The summed E-state index contributed by atoms with van der Waals surface area (Å²) in [5, 5.41) is 2.23. The van der Waals surface area contributed by atoms with E-state index >= 15 is 0 Å². The van der Waals surface area contributed by atoms with Crippen LogP contribution in [0, 0.1) is 11.8 Å². The summed E-state index contributed by atoms with van der Waals surface area (Å²) in [6.45, 7) is 2.00. The van der Waals surface area contributed by atoms with Gasteiger partial charge in [0.05, 0.1) is 6.54 Å². The first-order valence-corrected chi connectivity index (χ1v) is 4.82. The molecule has 0 bridgehead atoms. The van der Waals surface area contributed by atoms with Gasteiger partial charge in [-0.2, -0.15) is 0 Å². The lowest BCUT2D eigenvalue weighted by molar-refractivity contribution is 0.0687. The summed E-state index contributed by atoms with van der Waals surface area (Å²) in [5.41, 5.74) is 3.40. The van der Waals surface area contributed by atoms with Crippen LogP contribution in [0.4, 0.5) is 0 Å². The maximum Gasteiger partial charge on any atom is 0.121 e. The Balaban J connectivity index is 1.90. The highest BCUT2D eigenvalue weighted by Crippen LogP contribution is 2.30. The normalized spacial score (nSPS) is 42.0. The van der Waals surface area contributed by atoms with Crippen molar-refractivity contribution in [1.29, 1.82) is 0 Å². The van der Waals surface area contributed by atoms with Crippen LogP contribution in [0.2, 0.25) is 0 Å². The summed E-state index contributed by atoms with van der Waals surface area (Å²) in [6, 6.07) is 0. The van der Waals surface area contributed by atoms with E-state index in [1.807, 2.05) is 6.21 Å². The molecule has 0 radical (unpaired) electrons. The lowest BCUT2D eigenvalue weighted by Crippen LogP contribution is -2.54. The SMILES string of the molecule is C1=CC2CNN3CC=NC3C2C=C1. The zero-order valence-electron chi connectivity index (χ0n) is 7.43. The van der Waals surface area contributed by atoms with Crippen molar-refractivity contribution in [3.63, 3.8) is 0 Å². The average molecular weight is 175 g/mol. The molecule has 3 atom stereocenters. The van der Waals surface area contributed by atoms with Gasteiger partial charge in [-0.15, -0.1) is 0 Å². The van der Waals surface area contributed by atoms with E-state index in [1.54, 1.807) is 0 Å². The summed E-state index contributed by atoms with van der Waals surface area (Å²) in [4.78, 5) is 4.50. The van der Waals surface area contributed by atoms with Crippen molar-refractivity contribution in [2.75, 3.05) is 13.1 Å². The van der Waals surface area contributed by atoms with E-state index in [9.17, 15) is 0 Å². The molecule has 0 spiro atoms. The monoisotopic (exact) mass is 175 g/mol. The fraction of sp³-hybridized carbons (Fsp3) is 0.500. The van der Waals surface area contributed by atoms with Crippen LogP contribution in [0.3, 0.4) is 0 Å². The molecular weight excluding hydrogens is 162 g/mol. The van der Waals surface area contributed by atoms with Crippen molar-refractivity contribution in [3.8, 4) is 0 Å². The molecule has 1 fully saturated rings. The smallest absolute Gasteiger partial charge is 0.121 e. The van der Waals surface area contributed by atoms with Crippen molar-refractivity contribution in [1.82, 2.24) is 10.4 Å². The van der Waals surface area contributed by atoms with E-state index < -0.39 is 0 Å². The van der Waals surface area contributed by atoms with E-state index in [4.69, 9.17) is 0 Å². The third-order valence-electron chi connectivity index (χ3n) is 3.03. The van der Waals surface area contributed by atoms with Gasteiger partial charge in [0.15, 0.2) is 0 Å². The zero-order valence-corrected chi connectivity index (χ0v) is 7.43. The van der Waals surface area contributed by atoms with Crippen molar-refractivity contribution >= 4 is 6.21 Å². The highest BCUT2D eigenvalue weighted by atomic mass is 15.6. The molecule has 13 heavy (non-hydrogen) atoms. The van der Waals surface area contributed by atoms with Crippen LogP contribution in [0.5, 0.6) is 0 Å². The maximum atomic E-state index is 4.50. The van der Waals surface area contributed by atoms with E-state index in [0.717, 1.165) is 13.1 Å². The summed E-state index contributed by atoms with van der Waals surface area (Å²) in [7, 11) is 0. The van der Waals surface area contributed by atoms with E-state index in [2.05, 4.69) is 39.7 Å². The molecule has 3 heteroatoms. The van der Waals surface area contributed by atoms with Gasteiger partial charge < -0.3 is 0 Å². The first-order valence-electron chi connectivity index (χ1n) is 4.82. The number of hydrazine groups is 1. The van der Waals surface area contributed by atoms with Crippen LogP contribution >= 0.6 is 0 Å². The van der Waals surface area contributed by atoms with E-state index in [1.165, 1.54) is 0 Å². The maximum absolute atomic E-state index is 4.50. The number of nitrogens with zero attached hydrogens (tertiary/aromatic N) is 2. The second-order valence-corrected chi connectivity index (χ2v) is 3.77. The molecule has 0 aromatic heterocycles. The van der Waals surface area contributed by atoms with E-state index in [0.29, 0.717) is 18.0 Å². The Hall–Kier alpha value is -0.930. The third-order valence-corrected chi connectivity index (χ3v) is 3.03. The van der Waals surface area contributed by atoms with Crippen LogP contribution in [0.15, 0.2) is 29.3 Å². The van der Waals surface area contributed by atoms with Crippen molar-refractivity contribution in [2.24, 2.45) is 16.8 Å². The molecule has 3 unspecified atom stereocenters. The van der Waals surface area contributed by atoms with Crippen molar-refractivity contribution in [2.45, 2.75) is 6.17 Å². The number of fused-ring (bicyclic) bond motifs is 3. The van der Waals surface area contributed by atoms with Crippen LogP contribution < -0.4 is 5.43 Å². The molecule has 0 amide bonds. The second kappa shape index (κ2) is 2.79. The second-order valence-electron chi connectivity index (χ2n) is 3.77. The molecule has 3 nitrogen and oxygen atoms in total. The van der Waals surface area contributed by atoms with Gasteiger partial charge in [-0.25, -0.2) is 5.01 Å². The first kappa shape index (κ1) is 7.47. The molecule has 0 saturated carbocycles. The number of rotatable bonds is 0. The Morgan fingerprint density at radius 2 is 2.23 bits per heavy atom. The fourth-order valence-electron chi connectivity index (χ4n) is 2.31. The molecule has 1 aliphatic carbocycles. The molecule has 0 aromatic rings. The molecule has 3 aliphatic rings. The largest absolute Gasteiger partial charge is 0.275 e. The zero-order chi connectivity index (χ0) is 8.67. The predicted octanol–water partition coefficient (Wildman–Crippen LogP) is 0.575. The highest BCUT2D eigenvalue weighted by Gasteiger charge is 2.37. The standard InChI is InChI=1S/C10H13N3/c1-2-4-9-8(3-1)7-12-13-6-5-11-10(9)13/h1-5,8-10,12H,6-7H2. The molecule has 0 aromatic carbocycles. The lowest BCUT2D eigenvalue weighted by atomic mass is 9.85. The Labute approximate surface area is 77.8 Å². The molecule has 1 saturated heterocycles. The summed E-state index contributed by atoms with van der Waals surface area (Å²) in [5.74, 6) is 1.20. The van der Waals surface area contributed by atoms with Gasteiger partial charge in [0.25, 0.3) is 0 Å². The Bertz CT molecular complexity index is 293. The lowest BCUT2D eigenvalue weighted by Gasteiger charge is -2.39. The minimum atomic E-state index is 0.333. The van der Waals surface area contributed by atoms with Gasteiger partial charge in [-0.05, 0) is 0 Å². The Morgan fingerprint density at radius 3 is 3.23 bits per heavy atom. The quantitative estimate of drug-likeness (QED) is 0.583. The van der Waals surface area contributed by atoms with Crippen LogP contribution in [-0.2, 0) is 0 Å². The topological polar surface area (TPSA) is 27.6 Å². The summed E-state index contributed by atoms with van der Waals surface area (Å²) in [6.07, 6.45) is 11.2. The molecule has 2 aliphatic heterocycles. The van der Waals surface area contributed by atoms with Crippen LogP contribution in [0.25, 0.3) is 0 Å². The summed E-state index contributed by atoms with van der Waals surface area (Å²) < 4.78 is 0. The molecular formula is C10H13N3. The number of allylic oxidation sites excluding steroid dienone is 2. The fourth-order valence-corrected chi connectivity index (χ4v) is 2.31. The third kappa shape index (κ3) is 1.08. The Morgan fingerprint density at radius 1 is 1.31 bits per heavy atom. The van der Waals surface area contributed by atoms with Crippen LogP contribution in [0.1, 0.15) is 0 Å². The van der Waals surface area contributed by atoms with Crippen LogP contribution in [-0.4, -0.2) is 30.5 Å². The van der Waals surface area contributed by atoms with Gasteiger partial charge in [-0.1, -0.05) is 24.3 Å². The van der Waals surface area contributed by atoms with Gasteiger partial charge in [0.2, 0.25) is 0 Å². The van der Waals surface area contributed by atoms with Gasteiger partial charge in [0.1, 0.15) is 6.17 Å². The summed E-state index contributed by atoms with van der Waals surface area (Å²) >= 11 is 0. The molecule has 2 heterocycles. The highest BCUT2D eigenvalue weighted by molar-refractivity contribution is 5.62. The number of hydrogen-bond donors (Lipinski definition) is 1. The minimum Gasteiger partial charge on any atom is -0.275 e. The molecule has 1 N–H and O–H groups in total. The van der Waals surface area contributed by atoms with Gasteiger partial charge in [-0.3, -0.25) is 10.4 Å². The van der Waals surface area contributed by atoms with Crippen molar-refractivity contribution < 1.29 is 0 Å². The van der Waals surface area contributed by atoms with Gasteiger partial charge >= 0.3 is 0 Å². The predicted molar refractivity (Wildman–Crippen MR) is 52.2 cm³/mol. The Kier molecular flexibility index (Phi) is 1.60. The number of hydrogen-bond acceptors (Lipinski definition) is 3. The molecule has 3 rings (SSSR count).